The summed E-state index contributed by atoms with van der Waals surface area (Å²) in [7, 11) is 9.86. The lowest BCUT2D eigenvalue weighted by atomic mass is 9.90. The smallest absolute Gasteiger partial charge is 0.409 e. The van der Waals surface area contributed by atoms with E-state index in [1.54, 1.807) is 53.4 Å². The van der Waals surface area contributed by atoms with Gasteiger partial charge < -0.3 is 84.5 Å². The molecule has 0 bridgehead atoms. The summed E-state index contributed by atoms with van der Waals surface area (Å²) in [6, 6.07) is -14.5. The zero-order valence-corrected chi connectivity index (χ0v) is 67.8. The first-order chi connectivity index (χ1) is 49.1. The van der Waals surface area contributed by atoms with Gasteiger partial charge in [-0.1, -0.05) is 95.9 Å². The summed E-state index contributed by atoms with van der Waals surface area (Å²) in [4.78, 5) is 190. The van der Waals surface area contributed by atoms with E-state index >= 15 is 28.8 Å². The number of nitrogens with one attached hydrogen (secondary N) is 4. The lowest BCUT2D eigenvalue weighted by Gasteiger charge is -2.41. The van der Waals surface area contributed by atoms with Crippen LogP contribution < -0.4 is 21.3 Å². The predicted octanol–water partition coefficient (Wildman–Crippen LogP) is 3.19. The number of aliphatic hydroxyl groups excluding tert-OH is 1. The molecular weight excluding hydrogens is 1350 g/mol. The second-order valence-corrected chi connectivity index (χ2v) is 31.3. The molecule has 0 aliphatic carbocycles. The molecule has 30 heteroatoms. The van der Waals surface area contributed by atoms with Gasteiger partial charge in [0.05, 0.1) is 45.2 Å². The first kappa shape index (κ1) is 92.4. The molecular formula is C75H135N13O17. The topological polar surface area (TPSA) is 339 Å². The Balaban J connectivity index is 2.29. The van der Waals surface area contributed by atoms with Crippen molar-refractivity contribution in [2.24, 2.45) is 35.5 Å². The number of likely N-dealkylation sites (N-methyl/N-ethyl adjacent to an activating group) is 7. The molecule has 0 aromatic rings. The monoisotopic (exact) mass is 1490 g/mol. The minimum atomic E-state index is -1.70. The number of rotatable bonds is 24. The third-order valence-corrected chi connectivity index (χ3v) is 20.6. The number of amides is 12. The van der Waals surface area contributed by atoms with E-state index < -0.39 is 167 Å². The third kappa shape index (κ3) is 27.2. The molecule has 0 spiro atoms. The van der Waals surface area contributed by atoms with Crippen LogP contribution in [0.5, 0.6) is 0 Å². The summed E-state index contributed by atoms with van der Waals surface area (Å²) in [5, 5.41) is 23.7. The van der Waals surface area contributed by atoms with E-state index in [-0.39, 0.29) is 56.7 Å². The van der Waals surface area contributed by atoms with Gasteiger partial charge in [-0.2, -0.15) is 0 Å². The van der Waals surface area contributed by atoms with Gasteiger partial charge in [-0.3, -0.25) is 57.6 Å². The van der Waals surface area contributed by atoms with E-state index in [9.17, 15) is 33.9 Å². The van der Waals surface area contributed by atoms with Gasteiger partial charge in [-0.25, -0.2) is 4.79 Å². The third-order valence-electron chi connectivity index (χ3n) is 20.6. The molecule has 0 radical (unpaired) electrons. The lowest BCUT2D eigenvalue weighted by molar-refractivity contribution is -0.157. The SMILES string of the molecule is CC[C@@H]1NC(=O)[C@H]([C@H](O)[C@H](C)CCCCCOC(=O)N2CCOCC2)N(C)C(=O)[C@H](C(C)C)N(C)C(=O)[C@H](CC(C)C)N(C)C(=O)[C@H](CC(C)C)N(C)C(=O)[C@@H](C)NC(=O)[C@H](C)NC(=O)[C@H](CC(C)C)N(C)C(=O)[C@H](C(C)C)NC(=O)[C@H]([C@@H](C)OCCCCN2CCOCC2)N(C)C(=O)[C@@H](C)N(C)C1=O. The van der Waals surface area contributed by atoms with Gasteiger partial charge in [0, 0.05) is 82.1 Å². The fraction of sp³-hybridized carbons (Fsp3) is 0.840. The number of hydrogen-bond donors (Lipinski definition) is 5. The molecule has 105 heavy (non-hydrogen) atoms. The number of unbranched alkanes of at least 4 members (excludes halogenated alkanes) is 3. The first-order valence-corrected chi connectivity index (χ1v) is 38.3. The van der Waals surface area contributed by atoms with Gasteiger partial charge in [-0.05, 0) is 121 Å². The highest BCUT2D eigenvalue weighted by atomic mass is 16.6. The van der Waals surface area contributed by atoms with Crippen LogP contribution >= 0.6 is 0 Å². The first-order valence-electron chi connectivity index (χ1n) is 38.3. The van der Waals surface area contributed by atoms with Crippen molar-refractivity contribution < 1.29 is 81.6 Å². The van der Waals surface area contributed by atoms with E-state index in [1.807, 2.05) is 41.5 Å². The van der Waals surface area contributed by atoms with Crippen LogP contribution in [0.1, 0.15) is 175 Å². The Morgan fingerprint density at radius 3 is 1.48 bits per heavy atom. The summed E-state index contributed by atoms with van der Waals surface area (Å²) in [5.74, 6) is -10.4. The van der Waals surface area contributed by atoms with E-state index in [1.165, 1.54) is 89.7 Å². The quantitative estimate of drug-likeness (QED) is 0.0866. The highest BCUT2D eigenvalue weighted by molar-refractivity contribution is 6.00. The van der Waals surface area contributed by atoms with Gasteiger partial charge >= 0.3 is 6.09 Å². The predicted molar refractivity (Wildman–Crippen MR) is 398 cm³/mol. The molecule has 12 amide bonds. The molecule has 0 aromatic heterocycles. The Morgan fingerprint density at radius 1 is 0.467 bits per heavy atom. The van der Waals surface area contributed by atoms with Crippen molar-refractivity contribution in [1.29, 1.82) is 0 Å². The highest BCUT2D eigenvalue weighted by Gasteiger charge is 2.47. The number of carbonyl (C=O) groups is 12. The number of aliphatic hydroxyl groups is 1. The van der Waals surface area contributed by atoms with Crippen molar-refractivity contribution in [3.05, 3.63) is 0 Å². The van der Waals surface area contributed by atoms with Gasteiger partial charge in [0.1, 0.15) is 66.5 Å². The van der Waals surface area contributed by atoms with Gasteiger partial charge in [0.15, 0.2) is 0 Å². The maximum Gasteiger partial charge on any atom is 0.409 e. The maximum atomic E-state index is 15.5. The van der Waals surface area contributed by atoms with Crippen LogP contribution in [0.25, 0.3) is 0 Å². The van der Waals surface area contributed by atoms with Crippen molar-refractivity contribution in [3.8, 4) is 0 Å². The average Bonchev–Trinajstić information content (AvgIpc) is 0.806. The van der Waals surface area contributed by atoms with Crippen LogP contribution in [0.4, 0.5) is 4.79 Å². The molecule has 3 rings (SSSR count). The molecule has 3 heterocycles. The molecule has 0 aromatic carbocycles. The standard InChI is InChI=1S/C75H135N13O17/c1-24-55-70(96)80(17)53(15)69(95)85(22)61(54(16)104-36-29-27-31-87-32-38-102-39-33-87)66(92)79-59(48(8)9)73(99)81(18)56(42-45(2)3)65(91)76-51(13)64(90)77-52(14)68(94)82(19)57(43-46(4)5)71(97)83(20)58(44-47(6)7)72(98)84(21)60(49(10)11)74(100)86(23)62(67(93)78-55)63(89)50(12)30-26-25-28-37-105-75(101)88-34-40-103-41-35-88/h45-63,89H,24-44H2,1-23H3,(H,76,91)(H,77,90)(H,78,93)(H,79,92)/t50-,51+,52-,53-,54-,55+,56+,57+,58+,59+,60+,61+,62+,63-/m1/s1. The molecule has 3 saturated heterocycles. The Labute approximate surface area is 626 Å². The molecule has 14 atom stereocenters. The van der Waals surface area contributed by atoms with Crippen LogP contribution in [0, 0.1) is 35.5 Å². The van der Waals surface area contributed by atoms with Crippen LogP contribution in [-0.2, 0) is 71.7 Å². The van der Waals surface area contributed by atoms with Gasteiger partial charge in [-0.15, -0.1) is 0 Å². The second kappa shape index (κ2) is 44.5. The molecule has 3 aliphatic heterocycles. The van der Waals surface area contributed by atoms with E-state index in [0.717, 1.165) is 40.8 Å². The molecule has 3 fully saturated rings. The summed E-state index contributed by atoms with van der Waals surface area (Å²) in [5.41, 5.74) is 0. The van der Waals surface area contributed by atoms with Crippen molar-refractivity contribution >= 4 is 71.1 Å². The molecule has 30 nitrogen and oxygen atoms in total. The number of morpholine rings is 2. The fourth-order valence-electron chi connectivity index (χ4n) is 13.7. The Morgan fingerprint density at radius 2 is 0.943 bits per heavy atom. The number of ether oxygens (including phenoxy) is 4. The fourth-order valence-corrected chi connectivity index (χ4v) is 13.7. The van der Waals surface area contributed by atoms with Crippen LogP contribution in [-0.4, -0.2) is 321 Å². The summed E-state index contributed by atoms with van der Waals surface area (Å²) in [6.45, 7) is 33.1. The summed E-state index contributed by atoms with van der Waals surface area (Å²) >= 11 is 0. The Hall–Kier alpha value is -6.76. The van der Waals surface area contributed by atoms with E-state index in [0.29, 0.717) is 71.6 Å². The number of hydrogen-bond acceptors (Lipinski definition) is 18. The largest absolute Gasteiger partial charge is 0.449 e. The van der Waals surface area contributed by atoms with E-state index in [2.05, 4.69) is 26.2 Å². The minimum absolute atomic E-state index is 0.0393. The minimum Gasteiger partial charge on any atom is -0.449 e. The molecule has 0 unspecified atom stereocenters. The van der Waals surface area contributed by atoms with Gasteiger partial charge in [0.2, 0.25) is 65.0 Å². The summed E-state index contributed by atoms with van der Waals surface area (Å²) in [6.07, 6.45) is 0.592. The molecule has 3 aliphatic rings. The molecule has 0 saturated carbocycles. The molecule has 5 N–H and O–H groups in total. The zero-order valence-electron chi connectivity index (χ0n) is 67.8. The lowest BCUT2D eigenvalue weighted by Crippen LogP contribution is -2.64. The Kier molecular flexibility index (Phi) is 39.2. The molecule has 602 valence electrons. The zero-order chi connectivity index (χ0) is 79.6. The second-order valence-electron chi connectivity index (χ2n) is 31.3. The normalized spacial score (nSPS) is 26.8. The average molecular weight is 1490 g/mol. The van der Waals surface area contributed by atoms with Gasteiger partial charge in [0.25, 0.3) is 0 Å². The highest BCUT2D eigenvalue weighted by Crippen LogP contribution is 2.27. The van der Waals surface area contributed by atoms with Crippen molar-refractivity contribution in [3.63, 3.8) is 0 Å². The van der Waals surface area contributed by atoms with E-state index in [4.69, 9.17) is 18.9 Å². The van der Waals surface area contributed by atoms with Crippen LogP contribution in [0.3, 0.4) is 0 Å². The maximum absolute atomic E-state index is 15.5. The number of nitrogens with zero attached hydrogens (tertiary/aromatic N) is 9. The van der Waals surface area contributed by atoms with Crippen molar-refractivity contribution in [2.75, 3.05) is 122 Å². The van der Waals surface area contributed by atoms with Crippen LogP contribution in [0.2, 0.25) is 0 Å². The van der Waals surface area contributed by atoms with Crippen molar-refractivity contribution in [1.82, 2.24) is 65.4 Å². The van der Waals surface area contributed by atoms with Crippen LogP contribution in [0.15, 0.2) is 0 Å². The Bertz CT molecular complexity index is 2840. The number of carbonyl (C=O) groups excluding carboxylic acids is 12. The van der Waals surface area contributed by atoms with Crippen molar-refractivity contribution in [2.45, 2.75) is 254 Å². The summed E-state index contributed by atoms with van der Waals surface area (Å²) < 4.78 is 22.8.